The lowest BCUT2D eigenvalue weighted by Crippen LogP contribution is -2.07. The number of rotatable bonds is 1. The van der Waals surface area contributed by atoms with Crippen LogP contribution in [0.5, 0.6) is 0 Å². The third-order valence-electron chi connectivity index (χ3n) is 2.04. The summed E-state index contributed by atoms with van der Waals surface area (Å²) in [5.41, 5.74) is 0.0988. The summed E-state index contributed by atoms with van der Waals surface area (Å²) in [6, 6.07) is 4.24. The molecule has 6 heteroatoms. The summed E-state index contributed by atoms with van der Waals surface area (Å²) in [5.74, 6) is 0. The highest BCUT2D eigenvalue weighted by molar-refractivity contribution is 7.90. The first kappa shape index (κ1) is 9.85. The van der Waals surface area contributed by atoms with Gasteiger partial charge in [0.05, 0.1) is 22.1 Å². The van der Waals surface area contributed by atoms with E-state index in [4.69, 9.17) is 0 Å². The highest BCUT2D eigenvalue weighted by atomic mass is 32.2. The van der Waals surface area contributed by atoms with Crippen LogP contribution in [-0.4, -0.2) is 24.6 Å². The maximum atomic E-state index is 11.3. The molecule has 0 radical (unpaired) electrons. The van der Waals surface area contributed by atoms with Gasteiger partial charge in [0.25, 0.3) is 5.56 Å². The fraction of sp³-hybridized carbons (Fsp3) is 0.111. The predicted octanol–water partition coefficient (Wildman–Crippen LogP) is 0.327. The average molecular weight is 224 g/mol. The Morgan fingerprint density at radius 2 is 2.07 bits per heavy atom. The van der Waals surface area contributed by atoms with Crippen molar-refractivity contribution in [3.63, 3.8) is 0 Å². The molecule has 0 saturated heterocycles. The quantitative estimate of drug-likeness (QED) is 0.756. The fourth-order valence-electron chi connectivity index (χ4n) is 1.28. The van der Waals surface area contributed by atoms with E-state index >= 15 is 0 Å². The van der Waals surface area contributed by atoms with Gasteiger partial charge in [0, 0.05) is 6.26 Å². The standard InChI is InChI=1S/C9H8N2O3S/c1-15(13,14)6-2-3-7-8(4-6)10-5-11-9(7)12/h2-5H,1H3,(H,10,11,12). The minimum absolute atomic E-state index is 0.160. The zero-order valence-corrected chi connectivity index (χ0v) is 8.71. The highest BCUT2D eigenvalue weighted by Gasteiger charge is 2.08. The molecule has 0 aliphatic heterocycles. The third-order valence-corrected chi connectivity index (χ3v) is 3.15. The van der Waals surface area contributed by atoms with E-state index in [0.29, 0.717) is 10.9 Å². The van der Waals surface area contributed by atoms with E-state index in [1.165, 1.54) is 24.5 Å². The number of hydrogen-bond acceptors (Lipinski definition) is 4. The third kappa shape index (κ3) is 1.75. The Morgan fingerprint density at radius 3 is 2.73 bits per heavy atom. The van der Waals surface area contributed by atoms with Crippen LogP contribution < -0.4 is 5.56 Å². The molecule has 15 heavy (non-hydrogen) atoms. The number of hydrogen-bond donors (Lipinski definition) is 1. The first-order valence-corrected chi connectivity index (χ1v) is 6.05. The summed E-state index contributed by atoms with van der Waals surface area (Å²) in [6.07, 6.45) is 2.36. The van der Waals surface area contributed by atoms with Gasteiger partial charge in [0.1, 0.15) is 0 Å². The van der Waals surface area contributed by atoms with Crippen molar-refractivity contribution in [3.8, 4) is 0 Å². The molecule has 0 spiro atoms. The Bertz CT molecular complexity index is 673. The minimum Gasteiger partial charge on any atom is -0.313 e. The van der Waals surface area contributed by atoms with Gasteiger partial charge in [-0.1, -0.05) is 0 Å². The molecule has 1 aromatic heterocycles. The van der Waals surface area contributed by atoms with E-state index in [0.717, 1.165) is 6.26 Å². The van der Waals surface area contributed by atoms with Crippen molar-refractivity contribution in [3.05, 3.63) is 34.9 Å². The van der Waals surface area contributed by atoms with Crippen molar-refractivity contribution in [2.24, 2.45) is 0 Å². The normalized spacial score (nSPS) is 11.8. The second-order valence-corrected chi connectivity index (χ2v) is 5.20. The molecular weight excluding hydrogens is 216 g/mol. The molecule has 1 heterocycles. The first-order chi connectivity index (χ1) is 6.98. The smallest absolute Gasteiger partial charge is 0.258 e. The van der Waals surface area contributed by atoms with Crippen molar-refractivity contribution in [2.45, 2.75) is 4.90 Å². The van der Waals surface area contributed by atoms with Crippen molar-refractivity contribution >= 4 is 20.7 Å². The number of sulfone groups is 1. The monoisotopic (exact) mass is 224 g/mol. The van der Waals surface area contributed by atoms with E-state index < -0.39 is 9.84 Å². The molecule has 0 atom stereocenters. The lowest BCUT2D eigenvalue weighted by molar-refractivity contribution is 0.602. The Labute approximate surface area is 85.7 Å². The lowest BCUT2D eigenvalue weighted by Gasteiger charge is -1.99. The van der Waals surface area contributed by atoms with E-state index in [9.17, 15) is 13.2 Å². The molecule has 0 unspecified atom stereocenters. The van der Waals surface area contributed by atoms with Crippen LogP contribution in [-0.2, 0) is 9.84 Å². The summed E-state index contributed by atoms with van der Waals surface area (Å²) in [4.78, 5) is 17.8. The van der Waals surface area contributed by atoms with Crippen molar-refractivity contribution in [1.82, 2.24) is 9.97 Å². The largest absolute Gasteiger partial charge is 0.313 e. The van der Waals surface area contributed by atoms with Gasteiger partial charge in [-0.2, -0.15) is 0 Å². The Kier molecular flexibility index (Phi) is 2.08. The van der Waals surface area contributed by atoms with Crippen LogP contribution in [0.4, 0.5) is 0 Å². The zero-order valence-electron chi connectivity index (χ0n) is 7.89. The molecule has 2 aromatic rings. The fourth-order valence-corrected chi connectivity index (χ4v) is 1.92. The number of benzene rings is 1. The summed E-state index contributed by atoms with van der Waals surface area (Å²) in [5, 5.41) is 0.380. The van der Waals surface area contributed by atoms with Crippen LogP contribution in [0.3, 0.4) is 0 Å². The summed E-state index contributed by atoms with van der Waals surface area (Å²) < 4.78 is 22.5. The molecule has 2 rings (SSSR count). The summed E-state index contributed by atoms with van der Waals surface area (Å²) >= 11 is 0. The molecule has 0 bridgehead atoms. The second kappa shape index (κ2) is 3.16. The topological polar surface area (TPSA) is 79.9 Å². The summed E-state index contributed by atoms with van der Waals surface area (Å²) in [6.45, 7) is 0. The van der Waals surface area contributed by atoms with Crippen LogP contribution >= 0.6 is 0 Å². The Morgan fingerprint density at radius 1 is 1.33 bits per heavy atom. The molecule has 1 N–H and O–H groups in total. The van der Waals surface area contributed by atoms with Crippen LogP contribution in [0.15, 0.2) is 34.2 Å². The molecular formula is C9H8N2O3S. The van der Waals surface area contributed by atoms with Crippen LogP contribution in [0, 0.1) is 0 Å². The SMILES string of the molecule is CS(=O)(=O)c1ccc2c(=O)[nH]cnc2c1. The van der Waals surface area contributed by atoms with Gasteiger partial charge in [-0.05, 0) is 18.2 Å². The number of nitrogens with one attached hydrogen (secondary N) is 1. The zero-order chi connectivity index (χ0) is 11.1. The average Bonchev–Trinajstić information content (AvgIpc) is 2.16. The van der Waals surface area contributed by atoms with Crippen molar-refractivity contribution in [1.29, 1.82) is 0 Å². The van der Waals surface area contributed by atoms with E-state index in [-0.39, 0.29) is 10.5 Å². The number of H-pyrrole nitrogens is 1. The second-order valence-electron chi connectivity index (χ2n) is 3.18. The highest BCUT2D eigenvalue weighted by Crippen LogP contribution is 2.13. The van der Waals surface area contributed by atoms with Gasteiger partial charge in [-0.3, -0.25) is 4.79 Å². The maximum Gasteiger partial charge on any atom is 0.258 e. The van der Waals surface area contributed by atoms with E-state index in [1.807, 2.05) is 0 Å². The van der Waals surface area contributed by atoms with Gasteiger partial charge >= 0.3 is 0 Å². The number of aromatic nitrogens is 2. The number of fused-ring (bicyclic) bond motifs is 1. The number of nitrogens with zero attached hydrogens (tertiary/aromatic N) is 1. The molecule has 0 aliphatic carbocycles. The Hall–Kier alpha value is -1.69. The molecule has 0 aliphatic rings. The van der Waals surface area contributed by atoms with Gasteiger partial charge in [-0.25, -0.2) is 13.4 Å². The Balaban J connectivity index is 2.85. The number of aromatic amines is 1. The molecule has 0 saturated carbocycles. The van der Waals surface area contributed by atoms with E-state index in [2.05, 4.69) is 9.97 Å². The predicted molar refractivity (Wildman–Crippen MR) is 55.5 cm³/mol. The van der Waals surface area contributed by atoms with Gasteiger partial charge in [0.2, 0.25) is 0 Å². The minimum atomic E-state index is -3.26. The van der Waals surface area contributed by atoms with Crippen LogP contribution in [0.25, 0.3) is 10.9 Å². The maximum absolute atomic E-state index is 11.3. The lowest BCUT2D eigenvalue weighted by atomic mass is 10.2. The molecule has 1 aromatic carbocycles. The molecule has 78 valence electrons. The first-order valence-electron chi connectivity index (χ1n) is 4.16. The van der Waals surface area contributed by atoms with E-state index in [1.54, 1.807) is 0 Å². The van der Waals surface area contributed by atoms with Crippen LogP contribution in [0.1, 0.15) is 0 Å². The van der Waals surface area contributed by atoms with Crippen molar-refractivity contribution in [2.75, 3.05) is 6.26 Å². The van der Waals surface area contributed by atoms with Crippen molar-refractivity contribution < 1.29 is 8.42 Å². The van der Waals surface area contributed by atoms with Gasteiger partial charge in [0.15, 0.2) is 9.84 Å². The summed E-state index contributed by atoms with van der Waals surface area (Å²) in [7, 11) is -3.26. The molecule has 5 nitrogen and oxygen atoms in total. The van der Waals surface area contributed by atoms with Crippen LogP contribution in [0.2, 0.25) is 0 Å². The molecule has 0 amide bonds. The molecule has 0 fully saturated rings. The van der Waals surface area contributed by atoms with Gasteiger partial charge < -0.3 is 4.98 Å². The van der Waals surface area contributed by atoms with Gasteiger partial charge in [-0.15, -0.1) is 0 Å².